The van der Waals surface area contributed by atoms with Gasteiger partial charge in [0.15, 0.2) is 0 Å². The summed E-state index contributed by atoms with van der Waals surface area (Å²) in [6, 6.07) is 8.85. The molecule has 1 unspecified atom stereocenters. The third-order valence-electron chi connectivity index (χ3n) is 3.01. The molecule has 0 heterocycles. The number of thioether (sulfide) groups is 1. The van der Waals surface area contributed by atoms with Gasteiger partial charge in [-0.2, -0.15) is 11.8 Å². The molecule has 0 bridgehead atoms. The second kappa shape index (κ2) is 8.84. The average molecular weight is 286 g/mol. The van der Waals surface area contributed by atoms with Gasteiger partial charge in [0.1, 0.15) is 0 Å². The molecule has 0 amide bonds. The Hall–Kier alpha value is -0.180. The van der Waals surface area contributed by atoms with Crippen LogP contribution >= 0.6 is 23.4 Å². The van der Waals surface area contributed by atoms with Crippen LogP contribution in [0.5, 0.6) is 0 Å². The van der Waals surface area contributed by atoms with Crippen LogP contribution in [0.1, 0.15) is 38.2 Å². The molecule has 102 valence electrons. The number of nitrogens with one attached hydrogen (secondary N) is 1. The number of benzene rings is 1. The monoisotopic (exact) mass is 285 g/mol. The Bertz CT molecular complexity index is 324. The summed E-state index contributed by atoms with van der Waals surface area (Å²) in [5.41, 5.74) is 1.40. The van der Waals surface area contributed by atoms with E-state index >= 15 is 0 Å². The van der Waals surface area contributed by atoms with Crippen molar-refractivity contribution in [2.24, 2.45) is 0 Å². The van der Waals surface area contributed by atoms with Crippen molar-refractivity contribution in [1.29, 1.82) is 0 Å². The van der Waals surface area contributed by atoms with Crippen LogP contribution < -0.4 is 5.32 Å². The predicted octanol–water partition coefficient (Wildman–Crippen LogP) is 4.56. The number of halogens is 1. The van der Waals surface area contributed by atoms with E-state index in [1.807, 2.05) is 23.9 Å². The van der Waals surface area contributed by atoms with E-state index in [0.29, 0.717) is 12.0 Å². The van der Waals surface area contributed by atoms with Crippen molar-refractivity contribution in [3.63, 3.8) is 0 Å². The van der Waals surface area contributed by atoms with E-state index in [4.69, 9.17) is 11.6 Å². The highest BCUT2D eigenvalue weighted by Crippen LogP contribution is 2.23. The van der Waals surface area contributed by atoms with Gasteiger partial charge in [0, 0.05) is 17.6 Å². The summed E-state index contributed by atoms with van der Waals surface area (Å²) in [4.78, 5) is 0. The Labute approximate surface area is 121 Å². The van der Waals surface area contributed by atoms with Crippen molar-refractivity contribution >= 4 is 23.4 Å². The molecule has 1 atom stereocenters. The summed E-state index contributed by atoms with van der Waals surface area (Å²) in [5.74, 6) is 1.84. The van der Waals surface area contributed by atoms with Crippen molar-refractivity contribution in [2.45, 2.75) is 38.6 Å². The van der Waals surface area contributed by atoms with E-state index < -0.39 is 0 Å². The minimum Gasteiger partial charge on any atom is -0.314 e. The molecule has 1 aromatic carbocycles. The lowest BCUT2D eigenvalue weighted by atomic mass is 9.94. The first kappa shape index (κ1) is 15.9. The molecule has 3 heteroatoms. The molecule has 1 aromatic rings. The number of hydrogen-bond donors (Lipinski definition) is 1. The van der Waals surface area contributed by atoms with Crippen LogP contribution in [0.25, 0.3) is 0 Å². The van der Waals surface area contributed by atoms with Crippen LogP contribution in [-0.2, 0) is 0 Å². The van der Waals surface area contributed by atoms with E-state index in [9.17, 15) is 0 Å². The quantitative estimate of drug-likeness (QED) is 0.703. The van der Waals surface area contributed by atoms with E-state index in [1.165, 1.54) is 24.2 Å². The smallest absolute Gasteiger partial charge is 0.0406 e. The lowest BCUT2D eigenvalue weighted by Gasteiger charge is -2.19. The zero-order valence-electron chi connectivity index (χ0n) is 11.6. The summed E-state index contributed by atoms with van der Waals surface area (Å²) in [7, 11) is 0. The fourth-order valence-corrected chi connectivity index (χ4v) is 2.55. The molecule has 0 aliphatic heterocycles. The maximum Gasteiger partial charge on any atom is 0.0406 e. The summed E-state index contributed by atoms with van der Waals surface area (Å²) in [5, 5.41) is 4.36. The molecule has 18 heavy (non-hydrogen) atoms. The van der Waals surface area contributed by atoms with Gasteiger partial charge < -0.3 is 5.32 Å². The average Bonchev–Trinajstić information content (AvgIpc) is 2.34. The van der Waals surface area contributed by atoms with E-state index in [2.05, 4.69) is 37.6 Å². The van der Waals surface area contributed by atoms with Crippen LogP contribution in [0.15, 0.2) is 24.3 Å². The molecule has 1 nitrogen and oxygen atoms in total. The first-order valence-corrected chi connectivity index (χ1v) is 8.38. The summed E-state index contributed by atoms with van der Waals surface area (Å²) < 4.78 is 0. The highest BCUT2D eigenvalue weighted by Gasteiger charge is 2.11. The van der Waals surface area contributed by atoms with Gasteiger partial charge in [0.05, 0.1) is 0 Å². The highest BCUT2D eigenvalue weighted by atomic mass is 35.5. The maximum absolute atomic E-state index is 5.95. The normalized spacial score (nSPS) is 12.9. The van der Waals surface area contributed by atoms with Gasteiger partial charge in [-0.1, -0.05) is 37.6 Å². The molecule has 0 spiro atoms. The van der Waals surface area contributed by atoms with Crippen LogP contribution in [-0.4, -0.2) is 24.6 Å². The summed E-state index contributed by atoms with van der Waals surface area (Å²) in [6.07, 6.45) is 4.68. The van der Waals surface area contributed by atoms with Crippen LogP contribution in [0, 0.1) is 0 Å². The van der Waals surface area contributed by atoms with Crippen molar-refractivity contribution in [3.05, 3.63) is 34.9 Å². The largest absolute Gasteiger partial charge is 0.314 e. The van der Waals surface area contributed by atoms with E-state index in [-0.39, 0.29) is 0 Å². The van der Waals surface area contributed by atoms with E-state index in [1.54, 1.807) is 0 Å². The Morgan fingerprint density at radius 3 is 2.44 bits per heavy atom. The zero-order valence-corrected chi connectivity index (χ0v) is 13.2. The molecule has 0 saturated carbocycles. The van der Waals surface area contributed by atoms with Crippen molar-refractivity contribution in [2.75, 3.05) is 18.6 Å². The van der Waals surface area contributed by atoms with Crippen molar-refractivity contribution in [3.8, 4) is 0 Å². The Morgan fingerprint density at radius 1 is 1.22 bits per heavy atom. The summed E-state index contributed by atoms with van der Waals surface area (Å²) >= 11 is 7.88. The minimum atomic E-state index is 0.542. The van der Waals surface area contributed by atoms with Crippen LogP contribution in [0.4, 0.5) is 0 Å². The molecule has 0 fully saturated rings. The van der Waals surface area contributed by atoms with Crippen molar-refractivity contribution in [1.82, 2.24) is 5.32 Å². The number of hydrogen-bond acceptors (Lipinski definition) is 2. The topological polar surface area (TPSA) is 12.0 Å². The second-order valence-electron chi connectivity index (χ2n) is 4.95. The second-order valence-corrected chi connectivity index (χ2v) is 6.37. The first-order chi connectivity index (χ1) is 8.63. The van der Waals surface area contributed by atoms with Gasteiger partial charge in [0.2, 0.25) is 0 Å². The standard InChI is InChI=1S/C15H24ClNS/c1-12(2)17-11-14(5-4-10-18-3)13-6-8-15(16)9-7-13/h6-9,12,14,17H,4-5,10-11H2,1-3H3. The van der Waals surface area contributed by atoms with E-state index in [0.717, 1.165) is 11.6 Å². The molecule has 1 rings (SSSR count). The zero-order chi connectivity index (χ0) is 13.4. The van der Waals surface area contributed by atoms with Gasteiger partial charge in [0.25, 0.3) is 0 Å². The molecular formula is C15H24ClNS. The van der Waals surface area contributed by atoms with Crippen molar-refractivity contribution < 1.29 is 0 Å². The molecule has 0 aliphatic rings. The van der Waals surface area contributed by atoms with Crippen LogP contribution in [0.3, 0.4) is 0 Å². The fraction of sp³-hybridized carbons (Fsp3) is 0.600. The molecule has 0 aliphatic carbocycles. The lowest BCUT2D eigenvalue weighted by Crippen LogP contribution is -2.28. The molecular weight excluding hydrogens is 262 g/mol. The van der Waals surface area contributed by atoms with Gasteiger partial charge in [-0.25, -0.2) is 0 Å². The predicted molar refractivity (Wildman–Crippen MR) is 84.9 cm³/mol. The Morgan fingerprint density at radius 2 is 1.89 bits per heavy atom. The molecule has 1 N–H and O–H groups in total. The maximum atomic E-state index is 5.95. The number of rotatable bonds is 8. The van der Waals surface area contributed by atoms with Gasteiger partial charge in [-0.05, 0) is 48.5 Å². The van der Waals surface area contributed by atoms with Gasteiger partial charge in [-0.15, -0.1) is 0 Å². The minimum absolute atomic E-state index is 0.542. The highest BCUT2D eigenvalue weighted by molar-refractivity contribution is 7.98. The van der Waals surface area contributed by atoms with Gasteiger partial charge >= 0.3 is 0 Å². The fourth-order valence-electron chi connectivity index (χ4n) is 1.97. The lowest BCUT2D eigenvalue weighted by molar-refractivity contribution is 0.506. The third-order valence-corrected chi connectivity index (χ3v) is 3.96. The SMILES string of the molecule is CSCCCC(CNC(C)C)c1ccc(Cl)cc1. The van der Waals surface area contributed by atoms with Crippen LogP contribution in [0.2, 0.25) is 5.02 Å². The first-order valence-electron chi connectivity index (χ1n) is 6.61. The summed E-state index contributed by atoms with van der Waals surface area (Å²) in [6.45, 7) is 5.44. The molecule has 0 saturated heterocycles. The Balaban J connectivity index is 2.60. The third kappa shape index (κ3) is 6.12. The Kier molecular flexibility index (Phi) is 7.80. The molecule has 0 aromatic heterocycles. The molecule has 0 radical (unpaired) electrons. The van der Waals surface area contributed by atoms with Gasteiger partial charge in [-0.3, -0.25) is 0 Å².